The number of benzene rings is 1. The molecule has 1 aromatic carbocycles. The van der Waals surface area contributed by atoms with Gasteiger partial charge in [0, 0.05) is 31.1 Å². The largest absolute Gasteiger partial charge is 0.379 e. The van der Waals surface area contributed by atoms with Crippen LogP contribution >= 0.6 is 21.6 Å². The van der Waals surface area contributed by atoms with Crippen molar-refractivity contribution < 1.29 is 4.74 Å². The molecule has 2 nitrogen and oxygen atoms in total. The first-order valence-corrected chi connectivity index (χ1v) is 9.94. The summed E-state index contributed by atoms with van der Waals surface area (Å²) in [7, 11) is 3.95. The van der Waals surface area contributed by atoms with E-state index in [4.69, 9.17) is 4.74 Å². The summed E-state index contributed by atoms with van der Waals surface area (Å²) in [6.45, 7) is 11.4. The molecule has 1 aliphatic rings. The lowest BCUT2D eigenvalue weighted by Gasteiger charge is -2.26. The number of rotatable bonds is 6. The van der Waals surface area contributed by atoms with E-state index in [0.29, 0.717) is 0 Å². The van der Waals surface area contributed by atoms with E-state index in [2.05, 4.69) is 36.1 Å². The van der Waals surface area contributed by atoms with E-state index in [0.717, 1.165) is 32.1 Å². The Labute approximate surface area is 132 Å². The molecule has 0 spiro atoms. The van der Waals surface area contributed by atoms with Crippen molar-refractivity contribution in [3.05, 3.63) is 35.4 Å². The Morgan fingerprint density at radius 3 is 2.50 bits per heavy atom. The van der Waals surface area contributed by atoms with Gasteiger partial charge in [-0.15, -0.1) is 0 Å². The second-order valence-electron chi connectivity index (χ2n) is 4.46. The summed E-state index contributed by atoms with van der Waals surface area (Å²) in [5.74, 6) is 2.32. The van der Waals surface area contributed by atoms with E-state index in [1.807, 2.05) is 35.4 Å². The van der Waals surface area contributed by atoms with Crippen LogP contribution in [0.3, 0.4) is 0 Å². The smallest absolute Gasteiger partial charge is 0.0594 e. The van der Waals surface area contributed by atoms with Gasteiger partial charge in [0.15, 0.2) is 0 Å². The number of hydrogen-bond acceptors (Lipinski definition) is 4. The molecule has 0 bridgehead atoms. The minimum Gasteiger partial charge on any atom is -0.379 e. The molecule has 0 radical (unpaired) electrons. The number of nitrogens with zero attached hydrogens (tertiary/aromatic N) is 1. The molecule has 0 unspecified atom stereocenters. The van der Waals surface area contributed by atoms with E-state index in [1.54, 1.807) is 0 Å². The number of aryl methyl sites for hydroxylation is 1. The van der Waals surface area contributed by atoms with Crippen LogP contribution < -0.4 is 0 Å². The maximum absolute atomic E-state index is 5.34. The Bertz CT molecular complexity index is 354. The highest BCUT2D eigenvalue weighted by atomic mass is 33.1. The Morgan fingerprint density at radius 2 is 1.80 bits per heavy atom. The number of hydrogen-bond donors (Lipinski definition) is 0. The predicted molar refractivity (Wildman–Crippen MR) is 93.5 cm³/mol. The molecule has 0 aliphatic carbocycles. The van der Waals surface area contributed by atoms with Crippen LogP contribution in [0.1, 0.15) is 25.0 Å². The fraction of sp³-hybridized carbons (Fsp3) is 0.625. The van der Waals surface area contributed by atoms with Crippen LogP contribution in [-0.2, 0) is 10.5 Å². The van der Waals surface area contributed by atoms with Crippen molar-refractivity contribution in [3.8, 4) is 0 Å². The van der Waals surface area contributed by atoms with Gasteiger partial charge >= 0.3 is 0 Å². The van der Waals surface area contributed by atoms with Gasteiger partial charge in [0.1, 0.15) is 0 Å². The first-order valence-electron chi connectivity index (χ1n) is 7.45. The summed E-state index contributed by atoms with van der Waals surface area (Å²) in [5.41, 5.74) is 2.86. The SMILES string of the molecule is CC.Cc1ccccc1CSSCCN1CCOCC1. The van der Waals surface area contributed by atoms with Gasteiger partial charge < -0.3 is 4.74 Å². The number of morpholine rings is 1. The summed E-state index contributed by atoms with van der Waals surface area (Å²) in [6, 6.07) is 8.65. The molecule has 0 saturated carbocycles. The Balaban J connectivity index is 0.000000956. The lowest BCUT2D eigenvalue weighted by molar-refractivity contribution is 0.0410. The van der Waals surface area contributed by atoms with Crippen molar-refractivity contribution in [2.75, 3.05) is 38.6 Å². The van der Waals surface area contributed by atoms with E-state index >= 15 is 0 Å². The highest BCUT2D eigenvalue weighted by Gasteiger charge is 2.09. The molecular weight excluding hydrogens is 286 g/mol. The molecule has 0 atom stereocenters. The van der Waals surface area contributed by atoms with Crippen LogP contribution in [0.25, 0.3) is 0 Å². The monoisotopic (exact) mass is 313 g/mol. The van der Waals surface area contributed by atoms with Gasteiger partial charge in [0.25, 0.3) is 0 Å². The zero-order chi connectivity index (χ0) is 14.6. The predicted octanol–water partition coefficient (Wildman–Crippen LogP) is 4.23. The molecule has 1 heterocycles. The van der Waals surface area contributed by atoms with Crippen LogP contribution in [-0.4, -0.2) is 43.5 Å². The van der Waals surface area contributed by atoms with Crippen LogP contribution in [0.15, 0.2) is 24.3 Å². The lowest BCUT2D eigenvalue weighted by atomic mass is 10.1. The van der Waals surface area contributed by atoms with Crippen LogP contribution in [0, 0.1) is 6.92 Å². The molecule has 1 fully saturated rings. The molecule has 2 rings (SSSR count). The summed E-state index contributed by atoms with van der Waals surface area (Å²) < 4.78 is 5.34. The van der Waals surface area contributed by atoms with Gasteiger partial charge in [-0.2, -0.15) is 0 Å². The lowest BCUT2D eigenvalue weighted by Crippen LogP contribution is -2.37. The zero-order valence-electron chi connectivity index (χ0n) is 12.9. The van der Waals surface area contributed by atoms with E-state index in [1.165, 1.54) is 23.4 Å². The summed E-state index contributed by atoms with van der Waals surface area (Å²) in [5, 5.41) is 0. The molecule has 0 N–H and O–H groups in total. The van der Waals surface area contributed by atoms with E-state index in [-0.39, 0.29) is 0 Å². The van der Waals surface area contributed by atoms with Crippen molar-refractivity contribution in [2.45, 2.75) is 26.5 Å². The third-order valence-electron chi connectivity index (χ3n) is 3.15. The molecular formula is C16H27NOS2. The van der Waals surface area contributed by atoms with Gasteiger partial charge in [-0.25, -0.2) is 0 Å². The summed E-state index contributed by atoms with van der Waals surface area (Å²) >= 11 is 0. The van der Waals surface area contributed by atoms with E-state index < -0.39 is 0 Å². The molecule has 0 aromatic heterocycles. The van der Waals surface area contributed by atoms with Crippen molar-refractivity contribution in [1.29, 1.82) is 0 Å². The van der Waals surface area contributed by atoms with Crippen molar-refractivity contribution in [3.63, 3.8) is 0 Å². The third-order valence-corrected chi connectivity index (χ3v) is 5.45. The minimum absolute atomic E-state index is 0.904. The van der Waals surface area contributed by atoms with Crippen LogP contribution in [0.4, 0.5) is 0 Å². The highest BCUT2D eigenvalue weighted by Crippen LogP contribution is 2.27. The molecule has 4 heteroatoms. The highest BCUT2D eigenvalue weighted by molar-refractivity contribution is 8.76. The molecule has 114 valence electrons. The summed E-state index contributed by atoms with van der Waals surface area (Å²) in [4.78, 5) is 2.49. The average molecular weight is 314 g/mol. The first kappa shape index (κ1) is 17.9. The van der Waals surface area contributed by atoms with E-state index in [9.17, 15) is 0 Å². The van der Waals surface area contributed by atoms with Crippen molar-refractivity contribution >= 4 is 21.6 Å². The number of ether oxygens (including phenoxy) is 1. The minimum atomic E-state index is 0.904. The molecule has 0 amide bonds. The second-order valence-corrected chi connectivity index (χ2v) is 7.05. The Kier molecular flexibility index (Phi) is 10.3. The van der Waals surface area contributed by atoms with Crippen LogP contribution in [0.5, 0.6) is 0 Å². The van der Waals surface area contributed by atoms with Gasteiger partial charge in [-0.05, 0) is 18.1 Å². The van der Waals surface area contributed by atoms with Crippen molar-refractivity contribution in [1.82, 2.24) is 4.90 Å². The van der Waals surface area contributed by atoms with Gasteiger partial charge in [0.05, 0.1) is 13.2 Å². The maximum atomic E-state index is 5.34. The zero-order valence-corrected chi connectivity index (χ0v) is 14.6. The third kappa shape index (κ3) is 7.02. The fourth-order valence-electron chi connectivity index (χ4n) is 1.93. The average Bonchev–Trinajstić information content (AvgIpc) is 2.52. The van der Waals surface area contributed by atoms with Crippen molar-refractivity contribution in [2.24, 2.45) is 0 Å². The van der Waals surface area contributed by atoms with Gasteiger partial charge in [-0.1, -0.05) is 59.7 Å². The quantitative estimate of drug-likeness (QED) is 0.575. The Hall–Kier alpha value is -0.160. The first-order chi connectivity index (χ1) is 9.86. The normalized spacial score (nSPS) is 15.6. The van der Waals surface area contributed by atoms with Gasteiger partial charge in [0.2, 0.25) is 0 Å². The molecule has 1 saturated heterocycles. The van der Waals surface area contributed by atoms with Crippen LogP contribution in [0.2, 0.25) is 0 Å². The second kappa shape index (κ2) is 11.5. The topological polar surface area (TPSA) is 12.5 Å². The summed E-state index contributed by atoms with van der Waals surface area (Å²) in [6.07, 6.45) is 0. The maximum Gasteiger partial charge on any atom is 0.0594 e. The Morgan fingerprint density at radius 1 is 1.10 bits per heavy atom. The molecule has 1 aromatic rings. The molecule has 20 heavy (non-hydrogen) atoms. The standard InChI is InChI=1S/C14H21NOS2.C2H6/c1-13-4-2-3-5-14(13)12-18-17-11-8-15-6-9-16-10-7-15;1-2/h2-5H,6-12H2,1H3;1-2H3. The van der Waals surface area contributed by atoms with Gasteiger partial charge in [-0.3, -0.25) is 4.90 Å². The molecule has 1 aliphatic heterocycles. The fourth-order valence-corrected chi connectivity index (χ4v) is 4.12.